The first-order chi connectivity index (χ1) is 12.1. The van der Waals surface area contributed by atoms with E-state index >= 15 is 0 Å². The fourth-order valence-corrected chi connectivity index (χ4v) is 3.72. The minimum atomic E-state index is -0.593. The minimum Gasteiger partial charge on any atom is -0.452 e. The summed E-state index contributed by atoms with van der Waals surface area (Å²) in [6.07, 6.45) is 4.65. The van der Waals surface area contributed by atoms with Crippen LogP contribution in [-0.4, -0.2) is 29.9 Å². The van der Waals surface area contributed by atoms with Crippen LogP contribution in [0.25, 0.3) is 6.08 Å². The highest BCUT2D eigenvalue weighted by Crippen LogP contribution is 2.34. The van der Waals surface area contributed by atoms with Crippen molar-refractivity contribution in [2.45, 2.75) is 18.9 Å². The van der Waals surface area contributed by atoms with Gasteiger partial charge in [-0.05, 0) is 48.1 Å². The van der Waals surface area contributed by atoms with Crippen LogP contribution in [0.4, 0.5) is 4.39 Å². The fraction of sp³-hybridized carbons (Fsp3) is 0.263. The van der Waals surface area contributed by atoms with Crippen LogP contribution in [0, 0.1) is 5.82 Å². The van der Waals surface area contributed by atoms with E-state index in [-0.39, 0.29) is 24.4 Å². The molecule has 0 radical (unpaired) electrons. The standard InChI is InChI=1S/C19H18FNO3S/c20-15-8-5-14(6-9-15)7-10-19(23)24-13-18(22)21-11-1-3-16(21)17-4-2-12-25-17/h2,4-10,12,16H,1,3,11,13H2/b10-7+. The van der Waals surface area contributed by atoms with Gasteiger partial charge in [0.25, 0.3) is 5.91 Å². The molecule has 1 saturated heterocycles. The molecule has 1 atom stereocenters. The molecule has 0 bridgehead atoms. The highest BCUT2D eigenvalue weighted by Gasteiger charge is 2.30. The summed E-state index contributed by atoms with van der Waals surface area (Å²) < 4.78 is 17.9. The molecule has 0 saturated carbocycles. The Bertz CT molecular complexity index is 755. The van der Waals surface area contributed by atoms with Gasteiger partial charge in [-0.3, -0.25) is 4.79 Å². The van der Waals surface area contributed by atoms with Crippen LogP contribution in [0.5, 0.6) is 0 Å². The molecule has 1 aromatic heterocycles. The van der Waals surface area contributed by atoms with Gasteiger partial charge in [0.2, 0.25) is 0 Å². The Kier molecular flexibility index (Phi) is 5.60. The molecule has 0 N–H and O–H groups in total. The van der Waals surface area contributed by atoms with Gasteiger partial charge in [-0.15, -0.1) is 11.3 Å². The molecule has 1 amide bonds. The van der Waals surface area contributed by atoms with E-state index in [1.54, 1.807) is 28.4 Å². The third kappa shape index (κ3) is 4.54. The fourth-order valence-electron chi connectivity index (χ4n) is 2.84. The summed E-state index contributed by atoms with van der Waals surface area (Å²) >= 11 is 1.63. The van der Waals surface area contributed by atoms with Gasteiger partial charge in [0.1, 0.15) is 5.82 Å². The van der Waals surface area contributed by atoms with Crippen LogP contribution in [-0.2, 0) is 14.3 Å². The third-order valence-corrected chi connectivity index (χ3v) is 5.04. The molecule has 2 aromatic rings. The van der Waals surface area contributed by atoms with Crippen LogP contribution in [0.15, 0.2) is 47.9 Å². The van der Waals surface area contributed by atoms with Gasteiger partial charge < -0.3 is 9.64 Å². The van der Waals surface area contributed by atoms with Crippen molar-refractivity contribution in [1.82, 2.24) is 4.90 Å². The number of hydrogen-bond acceptors (Lipinski definition) is 4. The second-order valence-electron chi connectivity index (χ2n) is 5.75. The first kappa shape index (κ1) is 17.4. The summed E-state index contributed by atoms with van der Waals surface area (Å²) in [7, 11) is 0. The van der Waals surface area contributed by atoms with Gasteiger partial charge in [-0.25, -0.2) is 9.18 Å². The zero-order chi connectivity index (χ0) is 17.6. The molecule has 6 heteroatoms. The maximum atomic E-state index is 12.8. The van der Waals surface area contributed by atoms with E-state index in [1.807, 2.05) is 17.5 Å². The monoisotopic (exact) mass is 359 g/mol. The Morgan fingerprint density at radius 3 is 2.80 bits per heavy atom. The zero-order valence-corrected chi connectivity index (χ0v) is 14.4. The molecular weight excluding hydrogens is 341 g/mol. The van der Waals surface area contributed by atoms with Crippen LogP contribution < -0.4 is 0 Å². The summed E-state index contributed by atoms with van der Waals surface area (Å²) in [4.78, 5) is 27.1. The Balaban J connectivity index is 1.51. The van der Waals surface area contributed by atoms with Crippen molar-refractivity contribution in [1.29, 1.82) is 0 Å². The topological polar surface area (TPSA) is 46.6 Å². The summed E-state index contributed by atoms with van der Waals surface area (Å²) in [5.74, 6) is -1.11. The molecule has 1 aliphatic rings. The van der Waals surface area contributed by atoms with Gasteiger partial charge in [-0.1, -0.05) is 18.2 Å². The summed E-state index contributed by atoms with van der Waals surface area (Å²) in [5, 5.41) is 2.00. The normalized spacial score (nSPS) is 17.2. The van der Waals surface area contributed by atoms with E-state index in [2.05, 4.69) is 0 Å². The molecule has 1 unspecified atom stereocenters. The first-order valence-corrected chi connectivity index (χ1v) is 8.95. The van der Waals surface area contributed by atoms with Crippen molar-refractivity contribution in [3.63, 3.8) is 0 Å². The average Bonchev–Trinajstić information content (AvgIpc) is 3.29. The minimum absolute atomic E-state index is 0.0842. The number of carbonyl (C=O) groups is 2. The van der Waals surface area contributed by atoms with Gasteiger partial charge in [0.05, 0.1) is 6.04 Å². The predicted octanol–water partition coefficient (Wildman–Crippen LogP) is 3.81. The van der Waals surface area contributed by atoms with E-state index in [0.29, 0.717) is 12.1 Å². The lowest BCUT2D eigenvalue weighted by molar-refractivity contribution is -0.148. The number of likely N-dealkylation sites (tertiary alicyclic amines) is 1. The van der Waals surface area contributed by atoms with E-state index in [1.165, 1.54) is 24.3 Å². The number of carbonyl (C=O) groups excluding carboxylic acids is 2. The lowest BCUT2D eigenvalue weighted by atomic mass is 10.2. The first-order valence-electron chi connectivity index (χ1n) is 8.07. The molecular formula is C19H18FNO3S. The Hall–Kier alpha value is -2.47. The maximum Gasteiger partial charge on any atom is 0.331 e. The van der Waals surface area contributed by atoms with Crippen molar-refractivity contribution < 1.29 is 18.7 Å². The Labute approximate surface area is 149 Å². The van der Waals surface area contributed by atoms with Crippen LogP contribution in [0.3, 0.4) is 0 Å². The number of nitrogens with zero attached hydrogens (tertiary/aromatic N) is 1. The number of esters is 1. The van der Waals surface area contributed by atoms with E-state index < -0.39 is 5.97 Å². The number of amides is 1. The molecule has 3 rings (SSSR count). The second-order valence-corrected chi connectivity index (χ2v) is 6.73. The van der Waals surface area contributed by atoms with Crippen LogP contribution in [0.2, 0.25) is 0 Å². The number of thiophene rings is 1. The van der Waals surface area contributed by atoms with Gasteiger partial charge in [0, 0.05) is 17.5 Å². The Morgan fingerprint density at radius 2 is 2.08 bits per heavy atom. The lowest BCUT2D eigenvalue weighted by Gasteiger charge is -2.23. The number of rotatable bonds is 5. The smallest absolute Gasteiger partial charge is 0.331 e. The number of benzene rings is 1. The van der Waals surface area contributed by atoms with E-state index in [4.69, 9.17) is 4.74 Å². The highest BCUT2D eigenvalue weighted by molar-refractivity contribution is 7.10. The molecule has 25 heavy (non-hydrogen) atoms. The number of ether oxygens (including phenoxy) is 1. The number of hydrogen-bond donors (Lipinski definition) is 0. The van der Waals surface area contributed by atoms with Gasteiger partial charge in [0.15, 0.2) is 6.61 Å². The molecule has 2 heterocycles. The van der Waals surface area contributed by atoms with Crippen molar-refractivity contribution in [3.05, 3.63) is 64.1 Å². The number of halogens is 1. The molecule has 130 valence electrons. The molecule has 0 spiro atoms. The van der Waals surface area contributed by atoms with E-state index in [0.717, 1.165) is 17.7 Å². The summed E-state index contributed by atoms with van der Waals surface area (Å²) in [6.45, 7) is 0.416. The van der Waals surface area contributed by atoms with Gasteiger partial charge >= 0.3 is 5.97 Å². The second kappa shape index (κ2) is 8.07. The maximum absolute atomic E-state index is 12.8. The Morgan fingerprint density at radius 1 is 1.28 bits per heavy atom. The lowest BCUT2D eigenvalue weighted by Crippen LogP contribution is -2.33. The van der Waals surface area contributed by atoms with Crippen molar-refractivity contribution >= 4 is 29.3 Å². The van der Waals surface area contributed by atoms with Crippen LogP contribution in [0.1, 0.15) is 29.3 Å². The molecule has 1 aliphatic heterocycles. The van der Waals surface area contributed by atoms with Crippen molar-refractivity contribution in [2.24, 2.45) is 0 Å². The molecule has 1 aromatic carbocycles. The zero-order valence-electron chi connectivity index (χ0n) is 13.6. The van der Waals surface area contributed by atoms with Crippen molar-refractivity contribution in [3.8, 4) is 0 Å². The molecule has 0 aliphatic carbocycles. The SMILES string of the molecule is O=C(/C=C/c1ccc(F)cc1)OCC(=O)N1CCCC1c1cccs1. The third-order valence-electron chi connectivity index (χ3n) is 4.06. The van der Waals surface area contributed by atoms with Crippen molar-refractivity contribution in [2.75, 3.05) is 13.2 Å². The van der Waals surface area contributed by atoms with E-state index in [9.17, 15) is 14.0 Å². The summed E-state index contributed by atoms with van der Waals surface area (Å²) in [6, 6.07) is 9.82. The predicted molar refractivity (Wildman–Crippen MR) is 94.4 cm³/mol. The average molecular weight is 359 g/mol. The summed E-state index contributed by atoms with van der Waals surface area (Å²) in [5.41, 5.74) is 0.682. The molecule has 1 fully saturated rings. The van der Waals surface area contributed by atoms with Crippen LogP contribution >= 0.6 is 11.3 Å². The largest absolute Gasteiger partial charge is 0.452 e. The quantitative estimate of drug-likeness (QED) is 0.602. The highest BCUT2D eigenvalue weighted by atomic mass is 32.1. The molecule has 4 nitrogen and oxygen atoms in total. The van der Waals surface area contributed by atoms with Gasteiger partial charge in [-0.2, -0.15) is 0 Å².